The van der Waals surface area contributed by atoms with Crippen LogP contribution in [0.1, 0.15) is 12.5 Å². The summed E-state index contributed by atoms with van der Waals surface area (Å²) in [5, 5.41) is 13.1. The molecule has 0 unspecified atom stereocenters. The maximum Gasteiger partial charge on any atom is 0.234 e. The van der Waals surface area contributed by atoms with Gasteiger partial charge < -0.3 is 9.88 Å². The molecule has 1 heterocycles. The quantitative estimate of drug-likeness (QED) is 0.418. The second kappa shape index (κ2) is 9.31. The second-order valence-electron chi connectivity index (χ2n) is 5.97. The normalized spacial score (nSPS) is 10.9. The molecule has 0 aliphatic carbocycles. The van der Waals surface area contributed by atoms with Gasteiger partial charge in [-0.3, -0.25) is 4.79 Å². The number of rotatable bonds is 6. The topological polar surface area (TPSA) is 59.8 Å². The van der Waals surface area contributed by atoms with Crippen LogP contribution < -0.4 is 5.32 Å². The third-order valence-corrected chi connectivity index (χ3v) is 6.01. The highest BCUT2D eigenvalue weighted by atomic mass is 79.9. The van der Waals surface area contributed by atoms with Gasteiger partial charge in [0.25, 0.3) is 0 Å². The van der Waals surface area contributed by atoms with E-state index in [1.807, 2.05) is 42.7 Å². The van der Waals surface area contributed by atoms with Crippen molar-refractivity contribution in [2.75, 3.05) is 11.1 Å². The first kappa shape index (κ1) is 21.2. The fourth-order valence-electron chi connectivity index (χ4n) is 2.63. The third kappa shape index (κ3) is 4.89. The van der Waals surface area contributed by atoms with Crippen LogP contribution in [0.3, 0.4) is 0 Å². The highest BCUT2D eigenvalue weighted by Crippen LogP contribution is 2.31. The highest BCUT2D eigenvalue weighted by molar-refractivity contribution is 9.10. The number of aromatic nitrogens is 3. The van der Waals surface area contributed by atoms with Gasteiger partial charge in [0.05, 0.1) is 10.8 Å². The van der Waals surface area contributed by atoms with Gasteiger partial charge >= 0.3 is 0 Å². The Hall–Kier alpha value is -1.54. The number of carbonyl (C=O) groups is 1. The lowest BCUT2D eigenvalue weighted by atomic mass is 10.2. The minimum absolute atomic E-state index is 0.104. The van der Waals surface area contributed by atoms with E-state index in [1.165, 1.54) is 11.8 Å². The van der Waals surface area contributed by atoms with Gasteiger partial charge in [0.2, 0.25) is 5.91 Å². The molecule has 1 N–H and O–H groups in total. The molecule has 0 saturated heterocycles. The molecule has 0 aliphatic heterocycles. The fourth-order valence-corrected chi connectivity index (χ4v) is 4.41. The van der Waals surface area contributed by atoms with Crippen LogP contribution in [0.25, 0.3) is 11.4 Å². The van der Waals surface area contributed by atoms with Crippen molar-refractivity contribution in [1.29, 1.82) is 0 Å². The second-order valence-corrected chi connectivity index (χ2v) is 8.67. The summed E-state index contributed by atoms with van der Waals surface area (Å²) in [6.45, 7) is 4.59. The lowest BCUT2D eigenvalue weighted by Gasteiger charge is -2.10. The van der Waals surface area contributed by atoms with Crippen molar-refractivity contribution in [1.82, 2.24) is 14.8 Å². The van der Waals surface area contributed by atoms with Crippen molar-refractivity contribution >= 4 is 62.5 Å². The maximum atomic E-state index is 12.4. The van der Waals surface area contributed by atoms with Crippen LogP contribution in [-0.2, 0) is 11.3 Å². The van der Waals surface area contributed by atoms with Crippen molar-refractivity contribution in [3.8, 4) is 11.4 Å². The van der Waals surface area contributed by atoms with Crippen LogP contribution in [0, 0.1) is 6.92 Å². The van der Waals surface area contributed by atoms with Gasteiger partial charge in [0.15, 0.2) is 11.0 Å². The molecule has 28 heavy (non-hydrogen) atoms. The Morgan fingerprint density at radius 1 is 1.21 bits per heavy atom. The van der Waals surface area contributed by atoms with E-state index in [0.717, 1.165) is 21.3 Å². The first-order chi connectivity index (χ1) is 13.4. The Morgan fingerprint density at radius 2 is 2.00 bits per heavy atom. The number of carbonyl (C=O) groups excluding carboxylic acids is 1. The number of aryl methyl sites for hydroxylation is 1. The molecule has 3 aromatic rings. The molecule has 0 fully saturated rings. The summed E-state index contributed by atoms with van der Waals surface area (Å²) in [6, 6.07) is 11.0. The van der Waals surface area contributed by atoms with Crippen LogP contribution in [-0.4, -0.2) is 26.4 Å². The molecular formula is C19H17BrCl2N4OS. The van der Waals surface area contributed by atoms with Crippen LogP contribution in [0.5, 0.6) is 0 Å². The molecule has 0 atom stereocenters. The Balaban J connectivity index is 1.72. The maximum absolute atomic E-state index is 12.4. The van der Waals surface area contributed by atoms with Gasteiger partial charge in [0.1, 0.15) is 0 Å². The van der Waals surface area contributed by atoms with E-state index in [4.69, 9.17) is 23.2 Å². The zero-order valence-electron chi connectivity index (χ0n) is 15.2. The number of halogens is 3. The lowest BCUT2D eigenvalue weighted by Crippen LogP contribution is -2.15. The number of amides is 1. The highest BCUT2D eigenvalue weighted by Gasteiger charge is 2.17. The van der Waals surface area contributed by atoms with Crippen molar-refractivity contribution in [3.63, 3.8) is 0 Å². The molecule has 9 heteroatoms. The summed E-state index contributed by atoms with van der Waals surface area (Å²) in [6.07, 6.45) is 0. The molecule has 1 amide bonds. The van der Waals surface area contributed by atoms with Crippen LogP contribution >= 0.6 is 50.9 Å². The van der Waals surface area contributed by atoms with Crippen molar-refractivity contribution in [3.05, 3.63) is 56.5 Å². The van der Waals surface area contributed by atoms with Gasteiger partial charge in [-0.1, -0.05) is 50.9 Å². The van der Waals surface area contributed by atoms with E-state index in [0.29, 0.717) is 27.6 Å². The Kier molecular flexibility index (Phi) is 7.04. The summed E-state index contributed by atoms with van der Waals surface area (Å²) in [7, 11) is 0. The molecule has 0 spiro atoms. The molecule has 3 rings (SSSR count). The largest absolute Gasteiger partial charge is 0.325 e. The van der Waals surface area contributed by atoms with Crippen molar-refractivity contribution < 1.29 is 4.79 Å². The Bertz CT molecular complexity index is 1030. The monoisotopic (exact) mass is 498 g/mol. The molecule has 0 saturated carbocycles. The van der Waals surface area contributed by atoms with Crippen LogP contribution in [0.15, 0.2) is 46.0 Å². The summed E-state index contributed by atoms with van der Waals surface area (Å²) in [5.41, 5.74) is 2.53. The number of anilines is 1. The number of hydrogen-bond acceptors (Lipinski definition) is 4. The van der Waals surface area contributed by atoms with Gasteiger partial charge in [-0.2, -0.15) is 0 Å². The number of benzene rings is 2. The molecule has 0 bridgehead atoms. The average molecular weight is 500 g/mol. The summed E-state index contributed by atoms with van der Waals surface area (Å²) in [4.78, 5) is 12.4. The standard InChI is InChI=1S/C19H17BrCl2N4OS/c1-3-26-18(14-6-5-13(21)9-15(14)22)24-25-19(26)28-10-17(27)23-16-7-4-12(20)8-11(16)2/h4-9H,3,10H2,1-2H3,(H,23,27). The van der Waals surface area contributed by atoms with Gasteiger partial charge in [-0.25, -0.2) is 0 Å². The first-order valence-corrected chi connectivity index (χ1v) is 11.0. The van der Waals surface area contributed by atoms with Crippen LogP contribution in [0.4, 0.5) is 5.69 Å². The van der Waals surface area contributed by atoms with E-state index in [9.17, 15) is 4.79 Å². The molecule has 146 valence electrons. The number of nitrogens with zero attached hydrogens (tertiary/aromatic N) is 3. The lowest BCUT2D eigenvalue weighted by molar-refractivity contribution is -0.113. The summed E-state index contributed by atoms with van der Waals surface area (Å²) < 4.78 is 2.90. The van der Waals surface area contributed by atoms with E-state index in [2.05, 4.69) is 31.4 Å². The van der Waals surface area contributed by atoms with E-state index in [-0.39, 0.29) is 11.7 Å². The zero-order valence-corrected chi connectivity index (χ0v) is 19.1. The predicted molar refractivity (Wildman–Crippen MR) is 119 cm³/mol. The summed E-state index contributed by atoms with van der Waals surface area (Å²) in [5.74, 6) is 0.769. The molecule has 0 radical (unpaired) electrons. The summed E-state index contributed by atoms with van der Waals surface area (Å²) >= 11 is 17.0. The smallest absolute Gasteiger partial charge is 0.234 e. The van der Waals surface area contributed by atoms with Gasteiger partial charge in [-0.15, -0.1) is 10.2 Å². The molecule has 1 aromatic heterocycles. The average Bonchev–Trinajstić information content (AvgIpc) is 3.05. The van der Waals surface area contributed by atoms with E-state index < -0.39 is 0 Å². The number of nitrogens with one attached hydrogen (secondary N) is 1. The first-order valence-electron chi connectivity index (χ1n) is 8.46. The SMILES string of the molecule is CCn1c(SCC(=O)Nc2ccc(Br)cc2C)nnc1-c1ccc(Cl)cc1Cl. The molecule has 2 aromatic carbocycles. The van der Waals surface area contributed by atoms with Crippen molar-refractivity contribution in [2.45, 2.75) is 25.5 Å². The van der Waals surface area contributed by atoms with Gasteiger partial charge in [0, 0.05) is 27.3 Å². The molecular weight excluding hydrogens is 483 g/mol. The van der Waals surface area contributed by atoms with E-state index in [1.54, 1.807) is 12.1 Å². The minimum Gasteiger partial charge on any atom is -0.325 e. The predicted octanol–water partition coefficient (Wildman–Crippen LogP) is 6.07. The zero-order chi connectivity index (χ0) is 20.3. The molecule has 5 nitrogen and oxygen atoms in total. The third-order valence-electron chi connectivity index (χ3n) is 4.00. The van der Waals surface area contributed by atoms with Gasteiger partial charge in [-0.05, 0) is 55.8 Å². The minimum atomic E-state index is -0.104. The van der Waals surface area contributed by atoms with Crippen LogP contribution in [0.2, 0.25) is 10.0 Å². The Labute approximate surface area is 186 Å². The Morgan fingerprint density at radius 3 is 2.68 bits per heavy atom. The number of hydrogen-bond donors (Lipinski definition) is 1. The fraction of sp³-hybridized carbons (Fsp3) is 0.211. The molecule has 0 aliphatic rings. The van der Waals surface area contributed by atoms with E-state index >= 15 is 0 Å². The van der Waals surface area contributed by atoms with Crippen molar-refractivity contribution in [2.24, 2.45) is 0 Å². The number of thioether (sulfide) groups is 1.